The second kappa shape index (κ2) is 10.2. The van der Waals surface area contributed by atoms with Crippen LogP contribution < -0.4 is 5.32 Å². The summed E-state index contributed by atoms with van der Waals surface area (Å²) in [5.41, 5.74) is 0.933. The number of thioether (sulfide) groups is 1. The number of likely N-dealkylation sites (N-methyl/N-ethyl adjacent to an activating group) is 1. The van der Waals surface area contributed by atoms with E-state index >= 15 is 0 Å². The van der Waals surface area contributed by atoms with Crippen molar-refractivity contribution in [3.63, 3.8) is 0 Å². The van der Waals surface area contributed by atoms with Gasteiger partial charge in [-0.15, -0.1) is 0 Å². The highest BCUT2D eigenvalue weighted by molar-refractivity contribution is 8.14. The van der Waals surface area contributed by atoms with Crippen LogP contribution in [0.3, 0.4) is 0 Å². The zero-order chi connectivity index (χ0) is 21.7. The fraction of sp³-hybridized carbons (Fsp3) is 0.500. The van der Waals surface area contributed by atoms with Crippen LogP contribution in [0.15, 0.2) is 29.3 Å². The minimum Gasteiger partial charge on any atom is -0.465 e. The second-order valence-electron chi connectivity index (χ2n) is 7.15. The van der Waals surface area contributed by atoms with Gasteiger partial charge in [-0.3, -0.25) is 14.9 Å². The Morgan fingerprint density at radius 1 is 1.27 bits per heavy atom. The third-order valence-corrected chi connectivity index (χ3v) is 6.15. The first-order valence-electron chi connectivity index (χ1n) is 9.85. The van der Waals surface area contributed by atoms with Crippen LogP contribution >= 0.6 is 23.4 Å². The number of ether oxygens (including phenoxy) is 1. The van der Waals surface area contributed by atoms with E-state index in [0.717, 1.165) is 24.8 Å². The molecule has 0 saturated carbocycles. The number of nitrogens with zero attached hydrogens (tertiary/aromatic N) is 3. The second-order valence-corrected chi connectivity index (χ2v) is 8.52. The number of amidine groups is 1. The van der Waals surface area contributed by atoms with Crippen molar-refractivity contribution in [3.05, 3.63) is 34.9 Å². The summed E-state index contributed by atoms with van der Waals surface area (Å²) >= 11 is 7.19. The van der Waals surface area contributed by atoms with E-state index in [1.165, 1.54) is 16.7 Å². The Labute approximate surface area is 185 Å². The Balaban J connectivity index is 1.72. The van der Waals surface area contributed by atoms with Gasteiger partial charge in [-0.2, -0.15) is 0 Å². The van der Waals surface area contributed by atoms with E-state index in [-0.39, 0.29) is 11.7 Å². The molecule has 0 aromatic heterocycles. The molecule has 0 spiro atoms. The number of imide groups is 1. The molecule has 2 aliphatic rings. The monoisotopic (exact) mass is 452 g/mol. The lowest BCUT2D eigenvalue weighted by molar-refractivity contribution is -0.140. The lowest BCUT2D eigenvalue weighted by atomic mass is 10.1. The van der Waals surface area contributed by atoms with Crippen molar-refractivity contribution in [3.8, 4) is 0 Å². The molecule has 3 amide bonds. The van der Waals surface area contributed by atoms with Crippen molar-refractivity contribution in [1.82, 2.24) is 15.1 Å². The number of hydrogen-bond acceptors (Lipinski definition) is 7. The third kappa shape index (κ3) is 5.26. The SMILES string of the molecule is CCCCCOC(=O)CSC1=NC2C(C(=O)NC(=O)N2C)N1Cc1ccc(Cl)cc1. The average molecular weight is 453 g/mol. The molecule has 0 radical (unpaired) electrons. The number of rotatable bonds is 8. The molecule has 1 aromatic carbocycles. The van der Waals surface area contributed by atoms with Gasteiger partial charge in [-0.05, 0) is 24.1 Å². The maximum absolute atomic E-state index is 12.6. The summed E-state index contributed by atoms with van der Waals surface area (Å²) in [4.78, 5) is 44.5. The molecule has 2 aliphatic heterocycles. The molecule has 2 heterocycles. The van der Waals surface area contributed by atoms with Gasteiger partial charge < -0.3 is 14.5 Å². The van der Waals surface area contributed by atoms with E-state index in [1.807, 2.05) is 17.0 Å². The maximum atomic E-state index is 12.6. The highest BCUT2D eigenvalue weighted by atomic mass is 35.5. The van der Waals surface area contributed by atoms with Gasteiger partial charge in [0.1, 0.15) is 0 Å². The van der Waals surface area contributed by atoms with Gasteiger partial charge in [0, 0.05) is 18.6 Å². The number of benzene rings is 1. The van der Waals surface area contributed by atoms with Crippen LogP contribution in [-0.2, 0) is 20.9 Å². The molecule has 2 unspecified atom stereocenters. The molecule has 1 fully saturated rings. The minimum absolute atomic E-state index is 0.0841. The predicted octanol–water partition coefficient (Wildman–Crippen LogP) is 2.85. The van der Waals surface area contributed by atoms with Crippen LogP contribution in [0.1, 0.15) is 31.7 Å². The molecule has 1 N–H and O–H groups in total. The summed E-state index contributed by atoms with van der Waals surface area (Å²) in [7, 11) is 1.60. The number of aliphatic imine (C=N–C) groups is 1. The Kier molecular flexibility index (Phi) is 7.60. The zero-order valence-corrected chi connectivity index (χ0v) is 18.5. The maximum Gasteiger partial charge on any atom is 0.325 e. The number of esters is 1. The van der Waals surface area contributed by atoms with E-state index < -0.39 is 24.1 Å². The van der Waals surface area contributed by atoms with E-state index in [1.54, 1.807) is 19.2 Å². The Morgan fingerprint density at radius 3 is 2.70 bits per heavy atom. The Hall–Kier alpha value is -2.26. The van der Waals surface area contributed by atoms with Gasteiger partial charge in [-0.1, -0.05) is 55.3 Å². The molecule has 2 atom stereocenters. The van der Waals surface area contributed by atoms with E-state index in [0.29, 0.717) is 23.3 Å². The van der Waals surface area contributed by atoms with Crippen LogP contribution in [0.25, 0.3) is 0 Å². The molecular formula is C20H25ClN4O4S. The van der Waals surface area contributed by atoms with Gasteiger partial charge in [0.25, 0.3) is 5.91 Å². The van der Waals surface area contributed by atoms with Crippen molar-refractivity contribution in [2.75, 3.05) is 19.4 Å². The molecule has 30 heavy (non-hydrogen) atoms. The number of nitrogens with one attached hydrogen (secondary N) is 1. The molecule has 3 rings (SSSR count). The largest absolute Gasteiger partial charge is 0.465 e. The molecule has 8 nitrogen and oxygen atoms in total. The fourth-order valence-electron chi connectivity index (χ4n) is 3.28. The number of urea groups is 1. The van der Waals surface area contributed by atoms with E-state index in [9.17, 15) is 14.4 Å². The van der Waals surface area contributed by atoms with Crippen molar-refractivity contribution in [2.24, 2.45) is 4.99 Å². The molecule has 1 aromatic rings. The fourth-order valence-corrected chi connectivity index (χ4v) is 4.26. The van der Waals surface area contributed by atoms with Crippen molar-refractivity contribution < 1.29 is 19.1 Å². The number of carbonyl (C=O) groups excluding carboxylic acids is 3. The first-order chi connectivity index (χ1) is 14.4. The van der Waals surface area contributed by atoms with Gasteiger partial charge in [-0.25, -0.2) is 9.79 Å². The first kappa shape index (κ1) is 22.4. The number of hydrogen-bond donors (Lipinski definition) is 1. The van der Waals surface area contributed by atoms with Gasteiger partial charge in [0.2, 0.25) is 0 Å². The molecule has 10 heteroatoms. The molecular weight excluding hydrogens is 428 g/mol. The van der Waals surface area contributed by atoms with Crippen LogP contribution in [0.5, 0.6) is 0 Å². The standard InChI is InChI=1S/C20H25ClN4O4S/c1-3-4-5-10-29-15(26)12-30-20-22-17-16(18(27)23-19(28)24(17)2)25(20)11-13-6-8-14(21)9-7-13/h6-9,16-17H,3-5,10-12H2,1-2H3,(H,23,27,28). The summed E-state index contributed by atoms with van der Waals surface area (Å²) in [5.74, 6) is -0.645. The van der Waals surface area contributed by atoms with Crippen LogP contribution in [0.4, 0.5) is 4.79 Å². The smallest absolute Gasteiger partial charge is 0.325 e. The van der Waals surface area contributed by atoms with Crippen LogP contribution in [0, 0.1) is 0 Å². The number of amides is 3. The third-order valence-electron chi connectivity index (χ3n) is 4.92. The number of carbonyl (C=O) groups is 3. The highest BCUT2D eigenvalue weighted by Crippen LogP contribution is 2.30. The van der Waals surface area contributed by atoms with E-state index in [2.05, 4.69) is 17.2 Å². The normalized spacial score (nSPS) is 20.7. The number of fused-ring (bicyclic) bond motifs is 1. The quantitative estimate of drug-likeness (QED) is 0.481. The number of unbranched alkanes of at least 4 members (excludes halogenated alkanes) is 2. The van der Waals surface area contributed by atoms with Crippen molar-refractivity contribution in [1.29, 1.82) is 0 Å². The van der Waals surface area contributed by atoms with Gasteiger partial charge in [0.05, 0.1) is 12.4 Å². The lowest BCUT2D eigenvalue weighted by Gasteiger charge is -2.36. The summed E-state index contributed by atoms with van der Waals surface area (Å²) in [6.07, 6.45) is 2.27. The molecule has 1 saturated heterocycles. The predicted molar refractivity (Wildman–Crippen MR) is 116 cm³/mol. The summed E-state index contributed by atoms with van der Waals surface area (Å²) in [5, 5.41) is 3.51. The van der Waals surface area contributed by atoms with E-state index in [4.69, 9.17) is 16.3 Å². The molecule has 162 valence electrons. The number of halogens is 1. The summed E-state index contributed by atoms with van der Waals surface area (Å²) in [6, 6.07) is 6.15. The van der Waals surface area contributed by atoms with Crippen molar-refractivity contribution >= 4 is 46.4 Å². The Bertz CT molecular complexity index is 833. The van der Waals surface area contributed by atoms with Crippen LogP contribution in [-0.4, -0.2) is 64.5 Å². The lowest BCUT2D eigenvalue weighted by Crippen LogP contribution is -2.63. The minimum atomic E-state index is -0.661. The van der Waals surface area contributed by atoms with Gasteiger partial charge >= 0.3 is 12.0 Å². The molecule has 0 aliphatic carbocycles. The average Bonchev–Trinajstić information content (AvgIpc) is 3.08. The van der Waals surface area contributed by atoms with Crippen molar-refractivity contribution in [2.45, 2.75) is 44.9 Å². The Morgan fingerprint density at radius 2 is 2.00 bits per heavy atom. The topological polar surface area (TPSA) is 91.3 Å². The van der Waals surface area contributed by atoms with Crippen LogP contribution in [0.2, 0.25) is 5.02 Å². The highest BCUT2D eigenvalue weighted by Gasteiger charge is 2.48. The first-order valence-corrected chi connectivity index (χ1v) is 11.2. The summed E-state index contributed by atoms with van der Waals surface area (Å²) in [6.45, 7) is 2.88. The van der Waals surface area contributed by atoms with Gasteiger partial charge in [0.15, 0.2) is 17.4 Å². The molecule has 0 bridgehead atoms. The zero-order valence-electron chi connectivity index (χ0n) is 17.0. The summed E-state index contributed by atoms with van der Waals surface area (Å²) < 4.78 is 5.26.